The van der Waals surface area contributed by atoms with Crippen molar-refractivity contribution >= 4 is 10.0 Å². The van der Waals surface area contributed by atoms with Crippen molar-refractivity contribution in [3.63, 3.8) is 0 Å². The second-order valence-electron chi connectivity index (χ2n) is 4.62. The molecule has 1 aromatic heterocycles. The van der Waals surface area contributed by atoms with Crippen LogP contribution in [0.3, 0.4) is 0 Å². The quantitative estimate of drug-likeness (QED) is 0.772. The fraction of sp³-hybridized carbons (Fsp3) is 0.727. The molecule has 110 valence electrons. The Morgan fingerprint density at radius 3 is 2.47 bits per heavy atom. The highest BCUT2D eigenvalue weighted by atomic mass is 32.2. The maximum absolute atomic E-state index is 12.5. The number of nitrogens with two attached hydrogens (primary N) is 1. The largest absolute Gasteiger partial charge is 0.383 e. The summed E-state index contributed by atoms with van der Waals surface area (Å²) in [6.45, 7) is 3.92. The maximum Gasteiger partial charge on any atom is 0.246 e. The molecule has 1 heterocycles. The molecule has 0 saturated heterocycles. The van der Waals surface area contributed by atoms with Gasteiger partial charge in [-0.2, -0.15) is 9.40 Å². The van der Waals surface area contributed by atoms with Gasteiger partial charge in [0.05, 0.1) is 18.0 Å². The average molecular weight is 290 g/mol. The van der Waals surface area contributed by atoms with Gasteiger partial charge in [-0.3, -0.25) is 4.68 Å². The van der Waals surface area contributed by atoms with Crippen LogP contribution >= 0.6 is 0 Å². The topological polar surface area (TPSA) is 90.4 Å². The number of likely N-dealkylation sites (N-methyl/N-ethyl adjacent to an activating group) is 1. The summed E-state index contributed by atoms with van der Waals surface area (Å²) in [6, 6.07) is -0.359. The van der Waals surface area contributed by atoms with Crippen LogP contribution in [-0.2, 0) is 21.8 Å². The van der Waals surface area contributed by atoms with E-state index in [-0.39, 0.29) is 17.5 Å². The van der Waals surface area contributed by atoms with Gasteiger partial charge in [0.15, 0.2) is 0 Å². The number of aromatic nitrogens is 2. The Labute approximate surface area is 114 Å². The standard InChI is InChI=1S/C11H22N4O3S/c1-8-11(9(2)15(4)13-8)19(16,17)14(3)6-10(12)7-18-5/h10H,6-7,12H2,1-5H3. The van der Waals surface area contributed by atoms with E-state index in [1.807, 2.05) is 0 Å². The van der Waals surface area contributed by atoms with E-state index < -0.39 is 10.0 Å². The lowest BCUT2D eigenvalue weighted by Gasteiger charge is -2.21. The number of aryl methyl sites for hydroxylation is 2. The van der Waals surface area contributed by atoms with Crippen molar-refractivity contribution < 1.29 is 13.2 Å². The first kappa shape index (κ1) is 16.1. The molecule has 0 aromatic carbocycles. The van der Waals surface area contributed by atoms with Crippen molar-refractivity contribution in [3.05, 3.63) is 11.4 Å². The summed E-state index contributed by atoms with van der Waals surface area (Å²) in [5.41, 5.74) is 6.90. The smallest absolute Gasteiger partial charge is 0.246 e. The molecule has 0 radical (unpaired) electrons. The van der Waals surface area contributed by atoms with E-state index >= 15 is 0 Å². The van der Waals surface area contributed by atoms with Gasteiger partial charge >= 0.3 is 0 Å². The first-order valence-electron chi connectivity index (χ1n) is 5.92. The molecule has 0 aliphatic heterocycles. The highest BCUT2D eigenvalue weighted by molar-refractivity contribution is 7.89. The summed E-state index contributed by atoms with van der Waals surface area (Å²) in [6.07, 6.45) is 0. The van der Waals surface area contributed by atoms with Crippen molar-refractivity contribution in [2.45, 2.75) is 24.8 Å². The Hall–Kier alpha value is -0.960. The number of nitrogens with zero attached hydrogens (tertiary/aromatic N) is 3. The Morgan fingerprint density at radius 1 is 1.47 bits per heavy atom. The van der Waals surface area contributed by atoms with Crippen LogP contribution in [0.4, 0.5) is 0 Å². The molecule has 19 heavy (non-hydrogen) atoms. The normalized spacial score (nSPS) is 14.1. The van der Waals surface area contributed by atoms with Crippen molar-refractivity contribution in [3.8, 4) is 0 Å². The summed E-state index contributed by atoms with van der Waals surface area (Å²) in [5, 5.41) is 4.13. The first-order chi connectivity index (χ1) is 8.71. The molecule has 0 saturated carbocycles. The summed E-state index contributed by atoms with van der Waals surface area (Å²) < 4.78 is 32.7. The minimum Gasteiger partial charge on any atom is -0.383 e. The first-order valence-corrected chi connectivity index (χ1v) is 7.36. The molecule has 1 atom stereocenters. The third kappa shape index (κ3) is 3.33. The van der Waals surface area contributed by atoms with Crippen molar-refractivity contribution in [2.24, 2.45) is 12.8 Å². The molecule has 2 N–H and O–H groups in total. The van der Waals surface area contributed by atoms with E-state index in [1.165, 1.54) is 18.5 Å². The van der Waals surface area contributed by atoms with Crippen LogP contribution < -0.4 is 5.73 Å². The lowest BCUT2D eigenvalue weighted by Crippen LogP contribution is -2.41. The van der Waals surface area contributed by atoms with Gasteiger partial charge in [0, 0.05) is 33.8 Å². The van der Waals surface area contributed by atoms with Gasteiger partial charge in [0.2, 0.25) is 10.0 Å². The molecule has 0 amide bonds. The number of rotatable bonds is 6. The highest BCUT2D eigenvalue weighted by Crippen LogP contribution is 2.21. The predicted octanol–water partition coefficient (Wildman–Crippen LogP) is -0.369. The Bertz CT molecular complexity index is 538. The molecule has 8 heteroatoms. The summed E-state index contributed by atoms with van der Waals surface area (Å²) in [7, 11) is 1.18. The second kappa shape index (κ2) is 6.00. The van der Waals surface area contributed by atoms with E-state index in [4.69, 9.17) is 10.5 Å². The van der Waals surface area contributed by atoms with Crippen LogP contribution in [0.15, 0.2) is 4.90 Å². The number of methoxy groups -OCH3 is 1. The summed E-state index contributed by atoms with van der Waals surface area (Å²) in [4.78, 5) is 0.252. The van der Waals surface area contributed by atoms with Gasteiger partial charge in [0.1, 0.15) is 4.90 Å². The number of hydrogen-bond acceptors (Lipinski definition) is 5. The second-order valence-corrected chi connectivity index (χ2v) is 6.61. The van der Waals surface area contributed by atoms with Gasteiger partial charge in [-0.05, 0) is 13.8 Å². The Kier molecular flexibility index (Phi) is 5.08. The monoisotopic (exact) mass is 290 g/mol. The predicted molar refractivity (Wildman–Crippen MR) is 72.3 cm³/mol. The number of ether oxygens (including phenoxy) is 1. The molecular formula is C11H22N4O3S. The fourth-order valence-corrected chi connectivity index (χ4v) is 3.60. The minimum atomic E-state index is -3.58. The fourth-order valence-electron chi connectivity index (χ4n) is 1.98. The van der Waals surface area contributed by atoms with Crippen LogP contribution in [0, 0.1) is 13.8 Å². The molecule has 1 rings (SSSR count). The maximum atomic E-state index is 12.5. The molecule has 0 spiro atoms. The van der Waals surface area contributed by atoms with Crippen LogP contribution in [0.2, 0.25) is 0 Å². The van der Waals surface area contributed by atoms with Gasteiger partial charge in [0.25, 0.3) is 0 Å². The van der Waals surface area contributed by atoms with Crippen LogP contribution in [0.1, 0.15) is 11.4 Å². The zero-order valence-corrected chi connectivity index (χ0v) is 12.9. The molecule has 0 bridgehead atoms. The van der Waals surface area contributed by atoms with Crippen LogP contribution in [0.25, 0.3) is 0 Å². The summed E-state index contributed by atoms with van der Waals surface area (Å²) in [5.74, 6) is 0. The number of hydrogen-bond donors (Lipinski definition) is 1. The molecule has 0 fully saturated rings. The third-order valence-corrected chi connectivity index (χ3v) is 5.06. The average Bonchev–Trinajstić information content (AvgIpc) is 2.53. The SMILES string of the molecule is COCC(N)CN(C)S(=O)(=O)c1c(C)nn(C)c1C. The third-order valence-electron chi connectivity index (χ3n) is 2.98. The molecule has 0 aliphatic carbocycles. The van der Waals surface area contributed by atoms with E-state index in [2.05, 4.69) is 5.10 Å². The molecule has 0 aliphatic rings. The number of sulfonamides is 1. The Morgan fingerprint density at radius 2 is 2.05 bits per heavy atom. The molecule has 1 unspecified atom stereocenters. The van der Waals surface area contributed by atoms with Gasteiger partial charge in [-0.25, -0.2) is 8.42 Å². The van der Waals surface area contributed by atoms with Crippen LogP contribution in [0.5, 0.6) is 0 Å². The zero-order valence-electron chi connectivity index (χ0n) is 12.0. The zero-order chi connectivity index (χ0) is 14.8. The lowest BCUT2D eigenvalue weighted by molar-refractivity contribution is 0.173. The Balaban J connectivity index is 3.03. The van der Waals surface area contributed by atoms with Crippen LogP contribution in [-0.4, -0.2) is 55.9 Å². The van der Waals surface area contributed by atoms with Gasteiger partial charge in [-0.15, -0.1) is 0 Å². The lowest BCUT2D eigenvalue weighted by atomic mass is 10.3. The molecular weight excluding hydrogens is 268 g/mol. The highest BCUT2D eigenvalue weighted by Gasteiger charge is 2.28. The van der Waals surface area contributed by atoms with E-state index in [0.29, 0.717) is 18.0 Å². The minimum absolute atomic E-state index is 0.198. The van der Waals surface area contributed by atoms with Crippen molar-refractivity contribution in [2.75, 3.05) is 27.3 Å². The molecule has 7 nitrogen and oxygen atoms in total. The summed E-state index contributed by atoms with van der Waals surface area (Å²) >= 11 is 0. The molecule has 1 aromatic rings. The van der Waals surface area contributed by atoms with Crippen molar-refractivity contribution in [1.29, 1.82) is 0 Å². The van der Waals surface area contributed by atoms with E-state index in [0.717, 1.165) is 0 Å². The van der Waals surface area contributed by atoms with Crippen molar-refractivity contribution in [1.82, 2.24) is 14.1 Å². The van der Waals surface area contributed by atoms with Gasteiger partial charge < -0.3 is 10.5 Å². The van der Waals surface area contributed by atoms with Gasteiger partial charge in [-0.1, -0.05) is 0 Å². The van der Waals surface area contributed by atoms with E-state index in [9.17, 15) is 8.42 Å². The van der Waals surface area contributed by atoms with E-state index in [1.54, 1.807) is 25.6 Å².